The predicted octanol–water partition coefficient (Wildman–Crippen LogP) is 1.83. The van der Waals surface area contributed by atoms with E-state index in [-0.39, 0.29) is 16.3 Å². The van der Waals surface area contributed by atoms with Gasteiger partial charge in [0, 0.05) is 12.3 Å². The number of hydrogen-bond acceptors (Lipinski definition) is 4. The van der Waals surface area contributed by atoms with Gasteiger partial charge in [-0.1, -0.05) is 18.5 Å². The minimum Gasteiger partial charge on any atom is -0.489 e. The molecule has 0 saturated heterocycles. The van der Waals surface area contributed by atoms with Crippen LogP contribution in [-0.4, -0.2) is 25.7 Å². The normalized spacial score (nSPS) is 10.3. The molecule has 0 aromatic heterocycles. The molecular weight excluding hydrogens is 256 g/mol. The number of nitrogens with two attached hydrogens (primary N) is 2. The summed E-state index contributed by atoms with van der Waals surface area (Å²) in [7, 11) is 0. The summed E-state index contributed by atoms with van der Waals surface area (Å²) in [6.45, 7) is 3.40. The number of amides is 1. The molecule has 0 fully saturated rings. The van der Waals surface area contributed by atoms with E-state index in [1.54, 1.807) is 0 Å². The van der Waals surface area contributed by atoms with Crippen LogP contribution in [0.2, 0.25) is 5.02 Å². The molecule has 0 spiro atoms. The number of ether oxygens (including phenoxy) is 2. The van der Waals surface area contributed by atoms with Crippen molar-refractivity contribution in [3.8, 4) is 5.75 Å². The van der Waals surface area contributed by atoms with E-state index in [2.05, 4.69) is 0 Å². The van der Waals surface area contributed by atoms with Gasteiger partial charge >= 0.3 is 0 Å². The van der Waals surface area contributed by atoms with Crippen molar-refractivity contribution in [2.75, 3.05) is 25.6 Å². The van der Waals surface area contributed by atoms with Crippen molar-refractivity contribution in [3.05, 3.63) is 22.7 Å². The quantitative estimate of drug-likeness (QED) is 0.585. The van der Waals surface area contributed by atoms with Crippen LogP contribution >= 0.6 is 11.6 Å². The van der Waals surface area contributed by atoms with Crippen molar-refractivity contribution in [2.24, 2.45) is 5.73 Å². The Balaban J connectivity index is 2.71. The third-order valence-corrected chi connectivity index (χ3v) is 2.43. The molecule has 0 unspecified atom stereocenters. The molecule has 4 N–H and O–H groups in total. The molecule has 0 aliphatic heterocycles. The maximum absolute atomic E-state index is 11.3. The second-order valence-corrected chi connectivity index (χ2v) is 4.11. The summed E-state index contributed by atoms with van der Waals surface area (Å²) in [5, 5.41) is 0.263. The van der Waals surface area contributed by atoms with E-state index >= 15 is 0 Å². The summed E-state index contributed by atoms with van der Waals surface area (Å²) in [6.07, 6.45) is 0.940. The highest BCUT2D eigenvalue weighted by atomic mass is 35.5. The van der Waals surface area contributed by atoms with Crippen LogP contribution in [0.1, 0.15) is 23.7 Å². The van der Waals surface area contributed by atoms with Gasteiger partial charge in [0.05, 0.1) is 17.2 Å². The monoisotopic (exact) mass is 272 g/mol. The number of carbonyl (C=O) groups excluding carboxylic acids is 1. The lowest BCUT2D eigenvalue weighted by Gasteiger charge is -2.12. The van der Waals surface area contributed by atoms with E-state index in [4.69, 9.17) is 32.5 Å². The molecule has 0 heterocycles. The van der Waals surface area contributed by atoms with Gasteiger partial charge in [0.2, 0.25) is 0 Å². The first-order valence-electron chi connectivity index (χ1n) is 5.65. The highest BCUT2D eigenvalue weighted by molar-refractivity contribution is 6.33. The molecule has 1 amide bonds. The number of nitrogen functional groups attached to an aromatic ring is 1. The van der Waals surface area contributed by atoms with Crippen LogP contribution < -0.4 is 16.2 Å². The van der Waals surface area contributed by atoms with Crippen molar-refractivity contribution in [1.29, 1.82) is 0 Å². The fourth-order valence-electron chi connectivity index (χ4n) is 1.39. The van der Waals surface area contributed by atoms with Crippen LogP contribution in [0.4, 0.5) is 5.69 Å². The number of anilines is 1. The number of carbonyl (C=O) groups is 1. The second-order valence-electron chi connectivity index (χ2n) is 3.70. The maximum Gasteiger partial charge on any atom is 0.252 e. The van der Waals surface area contributed by atoms with Crippen LogP contribution in [0.15, 0.2) is 12.1 Å². The van der Waals surface area contributed by atoms with Crippen molar-refractivity contribution in [1.82, 2.24) is 0 Å². The first kappa shape index (κ1) is 14.6. The van der Waals surface area contributed by atoms with Crippen LogP contribution in [0, 0.1) is 0 Å². The second kappa shape index (κ2) is 7.08. The molecule has 1 aromatic rings. The molecule has 6 heteroatoms. The number of benzene rings is 1. The van der Waals surface area contributed by atoms with Gasteiger partial charge in [-0.3, -0.25) is 4.79 Å². The Morgan fingerprint density at radius 1 is 1.33 bits per heavy atom. The number of rotatable bonds is 7. The molecule has 0 radical (unpaired) electrons. The van der Waals surface area contributed by atoms with E-state index in [1.165, 1.54) is 12.1 Å². The molecule has 0 saturated carbocycles. The van der Waals surface area contributed by atoms with E-state index in [1.807, 2.05) is 6.92 Å². The summed E-state index contributed by atoms with van der Waals surface area (Å²) in [4.78, 5) is 11.3. The van der Waals surface area contributed by atoms with Crippen LogP contribution in [0.5, 0.6) is 5.75 Å². The zero-order valence-corrected chi connectivity index (χ0v) is 11.0. The average Bonchev–Trinajstić information content (AvgIpc) is 2.30. The van der Waals surface area contributed by atoms with Crippen LogP contribution in [0.3, 0.4) is 0 Å². The lowest BCUT2D eigenvalue weighted by molar-refractivity contribution is 0.0956. The Morgan fingerprint density at radius 3 is 2.67 bits per heavy atom. The molecule has 5 nitrogen and oxygen atoms in total. The zero-order chi connectivity index (χ0) is 13.5. The third-order valence-electron chi connectivity index (χ3n) is 2.15. The minimum atomic E-state index is -0.631. The number of halogens is 1. The summed E-state index contributed by atoms with van der Waals surface area (Å²) in [5.74, 6) is -0.382. The van der Waals surface area contributed by atoms with E-state index in [0.717, 1.165) is 6.42 Å². The molecule has 18 heavy (non-hydrogen) atoms. The Morgan fingerprint density at radius 2 is 2.06 bits per heavy atom. The molecule has 100 valence electrons. The zero-order valence-electron chi connectivity index (χ0n) is 10.2. The molecule has 0 aliphatic carbocycles. The molecule has 1 rings (SSSR count). The van der Waals surface area contributed by atoms with Gasteiger partial charge in [0.25, 0.3) is 5.91 Å². The fourth-order valence-corrected chi connectivity index (χ4v) is 1.68. The molecule has 0 bridgehead atoms. The summed E-state index contributed by atoms with van der Waals surface area (Å²) >= 11 is 5.97. The first-order chi connectivity index (χ1) is 8.56. The molecular formula is C12H17ClN2O3. The molecule has 0 aliphatic rings. The number of hydrogen-bond donors (Lipinski definition) is 2. The van der Waals surface area contributed by atoms with Gasteiger partial charge in [0.1, 0.15) is 6.61 Å². The Kier molecular flexibility index (Phi) is 5.74. The Bertz CT molecular complexity index is 424. The first-order valence-corrected chi connectivity index (χ1v) is 6.03. The van der Waals surface area contributed by atoms with Gasteiger partial charge < -0.3 is 20.9 Å². The van der Waals surface area contributed by atoms with Crippen molar-refractivity contribution in [2.45, 2.75) is 13.3 Å². The summed E-state index contributed by atoms with van der Waals surface area (Å²) in [6, 6.07) is 2.95. The van der Waals surface area contributed by atoms with Crippen LogP contribution in [-0.2, 0) is 4.74 Å². The maximum atomic E-state index is 11.3. The summed E-state index contributed by atoms with van der Waals surface area (Å²) < 4.78 is 10.7. The third kappa shape index (κ3) is 4.09. The predicted molar refractivity (Wildman–Crippen MR) is 71.0 cm³/mol. The van der Waals surface area contributed by atoms with Gasteiger partial charge in [-0.05, 0) is 18.6 Å². The lowest BCUT2D eigenvalue weighted by Crippen LogP contribution is -2.15. The highest BCUT2D eigenvalue weighted by Crippen LogP contribution is 2.31. The minimum absolute atomic E-state index is 0.176. The largest absolute Gasteiger partial charge is 0.489 e. The van der Waals surface area contributed by atoms with E-state index in [0.29, 0.717) is 25.5 Å². The van der Waals surface area contributed by atoms with E-state index < -0.39 is 5.91 Å². The number of primary amides is 1. The van der Waals surface area contributed by atoms with Crippen molar-refractivity contribution >= 4 is 23.2 Å². The lowest BCUT2D eigenvalue weighted by atomic mass is 10.1. The summed E-state index contributed by atoms with van der Waals surface area (Å²) in [5.41, 5.74) is 11.4. The SMILES string of the molecule is CCCOCCOc1c(Cl)cc(N)cc1C(N)=O. The molecule has 1 aromatic carbocycles. The van der Waals surface area contributed by atoms with Gasteiger partial charge in [-0.25, -0.2) is 0 Å². The standard InChI is InChI=1S/C12H17ClN2O3/c1-2-3-17-4-5-18-11-9(12(15)16)6-8(14)7-10(11)13/h6-7H,2-5,14H2,1H3,(H2,15,16). The van der Waals surface area contributed by atoms with Gasteiger partial charge in [-0.2, -0.15) is 0 Å². The van der Waals surface area contributed by atoms with Crippen LogP contribution in [0.25, 0.3) is 0 Å². The van der Waals surface area contributed by atoms with E-state index in [9.17, 15) is 4.79 Å². The van der Waals surface area contributed by atoms with Crippen molar-refractivity contribution in [3.63, 3.8) is 0 Å². The topological polar surface area (TPSA) is 87.6 Å². The molecule has 0 atom stereocenters. The highest BCUT2D eigenvalue weighted by Gasteiger charge is 2.14. The van der Waals surface area contributed by atoms with Gasteiger partial charge in [-0.15, -0.1) is 0 Å². The Hall–Kier alpha value is -1.46. The fraction of sp³-hybridized carbons (Fsp3) is 0.417. The average molecular weight is 273 g/mol. The van der Waals surface area contributed by atoms with Gasteiger partial charge in [0.15, 0.2) is 5.75 Å². The Labute approximate surface area is 111 Å². The van der Waals surface area contributed by atoms with Crippen molar-refractivity contribution < 1.29 is 14.3 Å². The smallest absolute Gasteiger partial charge is 0.252 e.